The first-order valence-corrected chi connectivity index (χ1v) is 6.60. The van der Waals surface area contributed by atoms with Crippen LogP contribution in [0.2, 0.25) is 0 Å². The van der Waals surface area contributed by atoms with Gasteiger partial charge in [-0.25, -0.2) is 4.98 Å². The highest BCUT2D eigenvalue weighted by molar-refractivity contribution is 5.64. The number of imidazole rings is 1. The molecule has 1 aliphatic rings. The molecule has 1 heterocycles. The van der Waals surface area contributed by atoms with Gasteiger partial charge in [0.2, 0.25) is 0 Å². The molecule has 1 aromatic carbocycles. The van der Waals surface area contributed by atoms with E-state index in [9.17, 15) is 0 Å². The number of aromatic nitrogens is 2. The lowest BCUT2D eigenvalue weighted by Crippen LogP contribution is -2.06. The minimum Gasteiger partial charge on any atom is -0.345 e. The Kier molecular flexibility index (Phi) is 2.92. The molecular formula is C15H19N3. The van der Waals surface area contributed by atoms with Crippen LogP contribution in [0, 0.1) is 6.92 Å². The molecule has 2 aromatic rings. The average molecular weight is 241 g/mol. The predicted octanol–water partition coefficient (Wildman–Crippen LogP) is 2.59. The van der Waals surface area contributed by atoms with Gasteiger partial charge in [0.1, 0.15) is 5.82 Å². The van der Waals surface area contributed by atoms with Gasteiger partial charge in [-0.15, -0.1) is 0 Å². The molecule has 0 unspecified atom stereocenters. The topological polar surface area (TPSA) is 40.7 Å². The molecule has 1 aromatic heterocycles. The van der Waals surface area contributed by atoms with Crippen molar-refractivity contribution in [2.24, 2.45) is 0 Å². The number of H-pyrrole nitrogens is 1. The molecule has 0 amide bonds. The minimum absolute atomic E-state index is 0.827. The fourth-order valence-electron chi connectivity index (χ4n) is 2.80. The van der Waals surface area contributed by atoms with Gasteiger partial charge in [0.05, 0.1) is 11.4 Å². The van der Waals surface area contributed by atoms with Crippen LogP contribution in [-0.2, 0) is 19.4 Å². The monoisotopic (exact) mass is 241 g/mol. The highest BCUT2D eigenvalue weighted by Crippen LogP contribution is 2.28. The molecule has 2 N–H and O–H groups in total. The minimum atomic E-state index is 0.827. The van der Waals surface area contributed by atoms with E-state index in [0.29, 0.717) is 0 Å². The summed E-state index contributed by atoms with van der Waals surface area (Å²) in [6.45, 7) is 2.84. The van der Waals surface area contributed by atoms with Gasteiger partial charge in [-0.2, -0.15) is 0 Å². The summed E-state index contributed by atoms with van der Waals surface area (Å²) in [6, 6.07) is 6.79. The Labute approximate surface area is 108 Å². The Morgan fingerprint density at radius 2 is 2.11 bits per heavy atom. The summed E-state index contributed by atoms with van der Waals surface area (Å²) in [5.41, 5.74) is 6.53. The third kappa shape index (κ3) is 1.95. The first-order chi connectivity index (χ1) is 8.78. The number of benzene rings is 1. The largest absolute Gasteiger partial charge is 0.345 e. The molecule has 0 saturated carbocycles. The van der Waals surface area contributed by atoms with Gasteiger partial charge >= 0.3 is 0 Å². The van der Waals surface area contributed by atoms with Crippen LogP contribution in [0.5, 0.6) is 0 Å². The third-order valence-corrected chi connectivity index (χ3v) is 3.62. The zero-order chi connectivity index (χ0) is 12.5. The summed E-state index contributed by atoms with van der Waals surface area (Å²) in [5, 5.41) is 3.19. The van der Waals surface area contributed by atoms with Crippen LogP contribution in [0.3, 0.4) is 0 Å². The number of nitrogens with zero attached hydrogens (tertiary/aromatic N) is 1. The SMILES string of the molecule is CNCc1[nH]c(C)nc1-c1ccc2c(c1)CCC2. The molecule has 0 spiro atoms. The van der Waals surface area contributed by atoms with E-state index < -0.39 is 0 Å². The van der Waals surface area contributed by atoms with E-state index in [-0.39, 0.29) is 0 Å². The van der Waals surface area contributed by atoms with Crippen LogP contribution in [0.25, 0.3) is 11.3 Å². The first-order valence-electron chi connectivity index (χ1n) is 6.60. The lowest BCUT2D eigenvalue weighted by atomic mass is 10.0. The summed E-state index contributed by atoms with van der Waals surface area (Å²) < 4.78 is 0. The van der Waals surface area contributed by atoms with E-state index in [1.807, 2.05) is 14.0 Å². The zero-order valence-corrected chi connectivity index (χ0v) is 11.0. The zero-order valence-electron chi connectivity index (χ0n) is 11.0. The first kappa shape index (κ1) is 11.5. The number of aryl methyl sites for hydroxylation is 3. The van der Waals surface area contributed by atoms with Crippen LogP contribution in [0.4, 0.5) is 0 Å². The molecule has 0 atom stereocenters. The fraction of sp³-hybridized carbons (Fsp3) is 0.400. The van der Waals surface area contributed by atoms with Gasteiger partial charge in [0, 0.05) is 12.1 Å². The number of hydrogen-bond donors (Lipinski definition) is 2. The summed E-state index contributed by atoms with van der Waals surface area (Å²) in [5.74, 6) is 0.982. The molecule has 94 valence electrons. The van der Waals surface area contributed by atoms with Gasteiger partial charge in [0.25, 0.3) is 0 Å². The lowest BCUT2D eigenvalue weighted by molar-refractivity contribution is 0.796. The maximum atomic E-state index is 4.63. The van der Waals surface area contributed by atoms with E-state index in [1.54, 1.807) is 0 Å². The quantitative estimate of drug-likeness (QED) is 0.867. The van der Waals surface area contributed by atoms with Crippen molar-refractivity contribution >= 4 is 0 Å². The predicted molar refractivity (Wildman–Crippen MR) is 73.5 cm³/mol. The van der Waals surface area contributed by atoms with Crippen molar-refractivity contribution in [1.82, 2.24) is 15.3 Å². The normalized spacial score (nSPS) is 13.9. The highest BCUT2D eigenvalue weighted by atomic mass is 15.0. The van der Waals surface area contributed by atoms with Crippen LogP contribution >= 0.6 is 0 Å². The van der Waals surface area contributed by atoms with Gasteiger partial charge in [-0.1, -0.05) is 12.1 Å². The van der Waals surface area contributed by atoms with Crippen molar-refractivity contribution in [2.45, 2.75) is 32.7 Å². The molecule has 3 nitrogen and oxygen atoms in total. The van der Waals surface area contributed by atoms with E-state index >= 15 is 0 Å². The van der Waals surface area contributed by atoms with Crippen LogP contribution in [-0.4, -0.2) is 17.0 Å². The number of rotatable bonds is 3. The number of fused-ring (bicyclic) bond motifs is 1. The molecule has 1 aliphatic carbocycles. The van der Waals surface area contributed by atoms with Gasteiger partial charge in [0.15, 0.2) is 0 Å². The van der Waals surface area contributed by atoms with Crippen LogP contribution < -0.4 is 5.32 Å². The molecule has 0 bridgehead atoms. The van der Waals surface area contributed by atoms with Crippen LogP contribution in [0.1, 0.15) is 29.1 Å². The standard InChI is InChI=1S/C15H19N3/c1-10-17-14(9-16-2)15(18-10)13-7-6-11-4-3-5-12(11)8-13/h6-8,16H,3-5,9H2,1-2H3,(H,17,18). The maximum absolute atomic E-state index is 4.63. The summed E-state index contributed by atoms with van der Waals surface area (Å²) >= 11 is 0. The van der Waals surface area contributed by atoms with Gasteiger partial charge < -0.3 is 10.3 Å². The lowest BCUT2D eigenvalue weighted by Gasteiger charge is -2.05. The summed E-state index contributed by atoms with van der Waals surface area (Å²) in [4.78, 5) is 7.97. The van der Waals surface area contributed by atoms with Gasteiger partial charge in [-0.05, 0) is 50.4 Å². The molecule has 3 heteroatoms. The molecular weight excluding hydrogens is 222 g/mol. The molecule has 18 heavy (non-hydrogen) atoms. The highest BCUT2D eigenvalue weighted by Gasteiger charge is 2.14. The van der Waals surface area contributed by atoms with Crippen molar-refractivity contribution in [2.75, 3.05) is 7.05 Å². The second-order valence-corrected chi connectivity index (χ2v) is 5.02. The average Bonchev–Trinajstić information content (AvgIpc) is 2.95. The van der Waals surface area contributed by atoms with Crippen molar-refractivity contribution < 1.29 is 0 Å². The van der Waals surface area contributed by atoms with Crippen molar-refractivity contribution in [3.63, 3.8) is 0 Å². The van der Waals surface area contributed by atoms with Crippen molar-refractivity contribution in [3.05, 3.63) is 40.8 Å². The van der Waals surface area contributed by atoms with Crippen molar-refractivity contribution in [1.29, 1.82) is 0 Å². The molecule has 0 fully saturated rings. The molecule has 0 aliphatic heterocycles. The third-order valence-electron chi connectivity index (χ3n) is 3.62. The molecule has 0 saturated heterocycles. The van der Waals surface area contributed by atoms with Crippen LogP contribution in [0.15, 0.2) is 18.2 Å². The smallest absolute Gasteiger partial charge is 0.103 e. The Morgan fingerprint density at radius 3 is 2.94 bits per heavy atom. The van der Waals surface area contributed by atoms with E-state index in [4.69, 9.17) is 0 Å². The van der Waals surface area contributed by atoms with E-state index in [1.165, 1.54) is 41.6 Å². The van der Waals surface area contributed by atoms with Crippen molar-refractivity contribution in [3.8, 4) is 11.3 Å². The second kappa shape index (κ2) is 4.58. The van der Waals surface area contributed by atoms with E-state index in [2.05, 4.69) is 33.5 Å². The van der Waals surface area contributed by atoms with E-state index in [0.717, 1.165) is 18.1 Å². The second-order valence-electron chi connectivity index (χ2n) is 5.02. The number of nitrogens with one attached hydrogen (secondary N) is 2. The Bertz CT molecular complexity index is 569. The summed E-state index contributed by atoms with van der Waals surface area (Å²) in [6.07, 6.45) is 3.74. The Hall–Kier alpha value is -1.61. The summed E-state index contributed by atoms with van der Waals surface area (Å²) in [7, 11) is 1.96. The van der Waals surface area contributed by atoms with Gasteiger partial charge in [-0.3, -0.25) is 0 Å². The Morgan fingerprint density at radius 1 is 1.28 bits per heavy atom. The Balaban J connectivity index is 2.03. The fourth-order valence-corrected chi connectivity index (χ4v) is 2.80. The number of hydrogen-bond acceptors (Lipinski definition) is 2. The molecule has 0 radical (unpaired) electrons. The number of aromatic amines is 1. The molecule has 3 rings (SSSR count). The maximum Gasteiger partial charge on any atom is 0.103 e.